The van der Waals surface area contributed by atoms with Crippen LogP contribution in [0.1, 0.15) is 5.56 Å². The zero-order chi connectivity index (χ0) is 18.7. The molecule has 0 spiro atoms. The summed E-state index contributed by atoms with van der Waals surface area (Å²) >= 11 is 7.23. The third-order valence-electron chi connectivity index (χ3n) is 4.04. The number of sulfonamides is 1. The molecule has 0 bridgehead atoms. The van der Waals surface area contributed by atoms with Crippen molar-refractivity contribution in [3.8, 4) is 0 Å². The summed E-state index contributed by atoms with van der Waals surface area (Å²) in [5, 5.41) is 3.62. The molecular formula is C17H16ClFN2O3S2. The van der Waals surface area contributed by atoms with E-state index in [4.69, 9.17) is 11.6 Å². The Bertz CT molecular complexity index is 921. The van der Waals surface area contributed by atoms with Gasteiger partial charge in [-0.1, -0.05) is 11.6 Å². The minimum absolute atomic E-state index is 0.0546. The summed E-state index contributed by atoms with van der Waals surface area (Å²) in [5.74, 6) is -0.823. The molecular weight excluding hydrogens is 399 g/mol. The molecule has 1 aliphatic rings. The summed E-state index contributed by atoms with van der Waals surface area (Å²) in [6.45, 7) is 0.937. The van der Waals surface area contributed by atoms with E-state index in [9.17, 15) is 17.6 Å². The highest BCUT2D eigenvalue weighted by Crippen LogP contribution is 2.23. The molecule has 26 heavy (non-hydrogen) atoms. The van der Waals surface area contributed by atoms with Crippen molar-refractivity contribution in [2.24, 2.45) is 0 Å². The van der Waals surface area contributed by atoms with E-state index >= 15 is 0 Å². The number of halogens is 2. The number of rotatable bonds is 4. The van der Waals surface area contributed by atoms with E-state index in [0.29, 0.717) is 13.1 Å². The monoisotopic (exact) mass is 414 g/mol. The van der Waals surface area contributed by atoms with Crippen molar-refractivity contribution in [2.45, 2.75) is 4.90 Å². The molecule has 0 N–H and O–H groups in total. The third-order valence-corrected chi connectivity index (χ3v) is 6.93. The Balaban J connectivity index is 1.64. The second-order valence-electron chi connectivity index (χ2n) is 5.70. The van der Waals surface area contributed by atoms with Gasteiger partial charge >= 0.3 is 0 Å². The van der Waals surface area contributed by atoms with Gasteiger partial charge in [0.2, 0.25) is 15.9 Å². The molecule has 1 saturated heterocycles. The molecule has 5 nitrogen and oxygen atoms in total. The summed E-state index contributed by atoms with van der Waals surface area (Å²) in [5.41, 5.74) is 0.956. The average Bonchev–Trinajstić information content (AvgIpc) is 3.15. The maximum Gasteiger partial charge on any atom is 0.246 e. The fraction of sp³-hybridized carbons (Fsp3) is 0.235. The van der Waals surface area contributed by atoms with Crippen LogP contribution >= 0.6 is 22.9 Å². The van der Waals surface area contributed by atoms with Gasteiger partial charge in [0.1, 0.15) is 5.82 Å². The predicted octanol–water partition coefficient (Wildman–Crippen LogP) is 3.09. The first kappa shape index (κ1) is 19.0. The van der Waals surface area contributed by atoms with Gasteiger partial charge in [-0.15, -0.1) is 0 Å². The van der Waals surface area contributed by atoms with Gasteiger partial charge in [0.15, 0.2) is 0 Å². The van der Waals surface area contributed by atoms with E-state index in [0.717, 1.165) is 17.7 Å². The van der Waals surface area contributed by atoms with Crippen LogP contribution < -0.4 is 0 Å². The van der Waals surface area contributed by atoms with Crippen molar-refractivity contribution in [3.05, 3.63) is 57.5 Å². The molecule has 0 atom stereocenters. The number of carbonyl (C=O) groups is 1. The number of thiophene rings is 1. The van der Waals surface area contributed by atoms with Crippen LogP contribution in [0.4, 0.5) is 4.39 Å². The van der Waals surface area contributed by atoms with Crippen molar-refractivity contribution in [3.63, 3.8) is 0 Å². The van der Waals surface area contributed by atoms with Gasteiger partial charge < -0.3 is 4.90 Å². The van der Waals surface area contributed by atoms with Crippen LogP contribution in [0, 0.1) is 5.82 Å². The predicted molar refractivity (Wildman–Crippen MR) is 100 cm³/mol. The normalized spacial score (nSPS) is 16.3. The first-order valence-corrected chi connectivity index (χ1v) is 10.6. The van der Waals surface area contributed by atoms with Gasteiger partial charge in [-0.25, -0.2) is 12.8 Å². The highest BCUT2D eigenvalue weighted by atomic mass is 35.5. The first-order valence-electron chi connectivity index (χ1n) is 7.82. The van der Waals surface area contributed by atoms with Gasteiger partial charge in [0.25, 0.3) is 0 Å². The molecule has 0 saturated carbocycles. The Hall–Kier alpha value is -1.74. The molecule has 3 rings (SSSR count). The molecule has 2 heterocycles. The average molecular weight is 415 g/mol. The van der Waals surface area contributed by atoms with Crippen LogP contribution in [0.5, 0.6) is 0 Å². The van der Waals surface area contributed by atoms with Crippen molar-refractivity contribution in [2.75, 3.05) is 26.2 Å². The third kappa shape index (κ3) is 4.15. The molecule has 1 aromatic carbocycles. The summed E-state index contributed by atoms with van der Waals surface area (Å²) in [6.07, 6.45) is 3.23. The minimum Gasteiger partial charge on any atom is -0.337 e. The number of nitrogens with zero attached hydrogens (tertiary/aromatic N) is 2. The van der Waals surface area contributed by atoms with Gasteiger partial charge in [-0.05, 0) is 46.7 Å². The van der Waals surface area contributed by atoms with E-state index in [-0.39, 0.29) is 28.9 Å². The van der Waals surface area contributed by atoms with Crippen molar-refractivity contribution in [1.29, 1.82) is 0 Å². The largest absolute Gasteiger partial charge is 0.337 e. The van der Waals surface area contributed by atoms with Gasteiger partial charge in [0.05, 0.1) is 9.92 Å². The van der Waals surface area contributed by atoms with Crippen LogP contribution in [0.25, 0.3) is 6.08 Å². The van der Waals surface area contributed by atoms with Crippen molar-refractivity contribution >= 4 is 44.9 Å². The van der Waals surface area contributed by atoms with Crippen molar-refractivity contribution in [1.82, 2.24) is 9.21 Å². The summed E-state index contributed by atoms with van der Waals surface area (Å²) in [4.78, 5) is 13.8. The number of benzene rings is 1. The molecule has 9 heteroatoms. The molecule has 138 valence electrons. The molecule has 1 aromatic heterocycles. The second kappa shape index (κ2) is 7.87. The molecule has 0 radical (unpaired) electrons. The Morgan fingerprint density at radius 2 is 1.92 bits per heavy atom. The van der Waals surface area contributed by atoms with E-state index in [1.807, 2.05) is 16.8 Å². The fourth-order valence-corrected chi connectivity index (χ4v) is 4.90. The fourth-order valence-electron chi connectivity index (χ4n) is 2.58. The first-order chi connectivity index (χ1) is 12.4. The highest BCUT2D eigenvalue weighted by molar-refractivity contribution is 7.89. The Morgan fingerprint density at radius 3 is 2.54 bits per heavy atom. The van der Waals surface area contributed by atoms with Gasteiger partial charge in [-0.2, -0.15) is 15.6 Å². The van der Waals surface area contributed by atoms with Crippen molar-refractivity contribution < 1.29 is 17.6 Å². The lowest BCUT2D eigenvalue weighted by atomic mass is 10.3. The quantitative estimate of drug-likeness (QED) is 0.722. The van der Waals surface area contributed by atoms with E-state index in [1.165, 1.54) is 16.4 Å². The molecule has 1 aliphatic heterocycles. The zero-order valence-electron chi connectivity index (χ0n) is 13.6. The maximum atomic E-state index is 13.3. The lowest BCUT2D eigenvalue weighted by molar-refractivity contribution is -0.127. The molecule has 1 amide bonds. The molecule has 0 unspecified atom stereocenters. The smallest absolute Gasteiger partial charge is 0.246 e. The number of hydrogen-bond acceptors (Lipinski definition) is 4. The van der Waals surface area contributed by atoms with Gasteiger partial charge in [-0.3, -0.25) is 4.79 Å². The van der Waals surface area contributed by atoms with E-state index in [2.05, 4.69) is 0 Å². The number of amides is 1. The molecule has 2 aromatic rings. The SMILES string of the molecule is O=C(/C=C/c1ccsc1)N1CCN(S(=O)(=O)c2ccc(F)c(Cl)c2)CC1. The summed E-state index contributed by atoms with van der Waals surface area (Å²) < 4.78 is 39.8. The molecule has 0 aliphatic carbocycles. The van der Waals surface area contributed by atoms with Crippen LogP contribution in [0.3, 0.4) is 0 Å². The number of hydrogen-bond donors (Lipinski definition) is 0. The van der Waals surface area contributed by atoms with Gasteiger partial charge in [0, 0.05) is 32.3 Å². The maximum absolute atomic E-state index is 13.3. The summed E-state index contributed by atoms with van der Waals surface area (Å²) in [7, 11) is -3.77. The Labute approximate surface area is 160 Å². The standard InChI is InChI=1S/C17H16ClFN2O3S2/c18-15-11-14(2-3-16(15)19)26(23,24)21-8-6-20(7-9-21)17(22)4-1-13-5-10-25-12-13/h1-5,10-12H,6-9H2/b4-1+. The highest BCUT2D eigenvalue weighted by Gasteiger charge is 2.30. The van der Waals surface area contributed by atoms with Crippen LogP contribution in [-0.4, -0.2) is 49.7 Å². The number of carbonyl (C=O) groups excluding carboxylic acids is 1. The Morgan fingerprint density at radius 1 is 1.19 bits per heavy atom. The zero-order valence-corrected chi connectivity index (χ0v) is 16.0. The summed E-state index contributed by atoms with van der Waals surface area (Å²) in [6, 6.07) is 5.24. The molecule has 1 fully saturated rings. The van der Waals surface area contributed by atoms with Crippen LogP contribution in [0.2, 0.25) is 5.02 Å². The van der Waals surface area contributed by atoms with E-state index in [1.54, 1.807) is 22.3 Å². The van der Waals surface area contributed by atoms with Crippen LogP contribution in [0.15, 0.2) is 46.0 Å². The topological polar surface area (TPSA) is 57.7 Å². The van der Waals surface area contributed by atoms with Crippen LogP contribution in [-0.2, 0) is 14.8 Å². The minimum atomic E-state index is -3.77. The Kier molecular flexibility index (Phi) is 5.76. The second-order valence-corrected chi connectivity index (χ2v) is 8.82. The number of piperazine rings is 1. The lowest BCUT2D eigenvalue weighted by Crippen LogP contribution is -2.50. The lowest BCUT2D eigenvalue weighted by Gasteiger charge is -2.33. The van der Waals surface area contributed by atoms with E-state index < -0.39 is 15.8 Å².